The average Bonchev–Trinajstić information content (AvgIpc) is 4.03. The molecule has 0 N–H and O–H groups in total. The molecule has 380 valence electrons. The summed E-state index contributed by atoms with van der Waals surface area (Å²) in [6.45, 7) is 16.4. The van der Waals surface area contributed by atoms with Gasteiger partial charge in [-0.05, 0) is 134 Å². The maximum atomic E-state index is 14.5. The maximum absolute atomic E-state index is 14.5. The Kier molecular flexibility index (Phi) is 16.5. The van der Waals surface area contributed by atoms with Gasteiger partial charge in [-0.2, -0.15) is 0 Å². The van der Waals surface area contributed by atoms with E-state index in [1.165, 1.54) is 0 Å². The molecule has 2 aromatic heterocycles. The lowest BCUT2D eigenvalue weighted by Gasteiger charge is -2.51. The number of aromatic nitrogens is 2. The minimum absolute atomic E-state index is 0.0333. The monoisotopic (exact) mass is 1100 g/mol. The fourth-order valence-corrected chi connectivity index (χ4v) is 14.5. The number of benzene rings is 6. The average molecular weight is 1100 g/mol. The van der Waals surface area contributed by atoms with Crippen LogP contribution in [-0.4, -0.2) is 31.6 Å². The number of carbonyl (C=O) groups is 2. The third kappa shape index (κ3) is 10.9. The van der Waals surface area contributed by atoms with Gasteiger partial charge in [0.2, 0.25) is 11.8 Å². The Morgan fingerprint density at radius 3 is 1.26 bits per heavy atom. The van der Waals surface area contributed by atoms with Crippen LogP contribution in [0.3, 0.4) is 0 Å². The number of hydrogen-bond donors (Lipinski definition) is 0. The number of hydrogen-bond acceptors (Lipinski definition) is 6. The van der Waals surface area contributed by atoms with Crippen molar-refractivity contribution in [1.29, 1.82) is 0 Å². The molecule has 6 aromatic carbocycles. The van der Waals surface area contributed by atoms with E-state index in [-0.39, 0.29) is 47.8 Å². The molecular weight excluding hydrogens is 1040 g/mol. The van der Waals surface area contributed by atoms with Crippen LogP contribution in [0.4, 0.5) is 0 Å². The summed E-state index contributed by atoms with van der Waals surface area (Å²) in [4.78, 5) is 43.3. The van der Waals surface area contributed by atoms with Gasteiger partial charge < -0.3 is 9.80 Å². The van der Waals surface area contributed by atoms with Crippen LogP contribution < -0.4 is 0 Å². The molecule has 6 nitrogen and oxygen atoms in total. The highest BCUT2D eigenvalue weighted by molar-refractivity contribution is 7.19. The molecule has 10 rings (SSSR count). The summed E-state index contributed by atoms with van der Waals surface area (Å²) in [5.41, 5.74) is 5.11. The van der Waals surface area contributed by atoms with E-state index in [1.54, 1.807) is 22.7 Å². The fourth-order valence-electron chi connectivity index (χ4n) is 11.5. The van der Waals surface area contributed by atoms with Crippen LogP contribution in [0.25, 0.3) is 20.4 Å². The van der Waals surface area contributed by atoms with Crippen molar-refractivity contribution in [1.82, 2.24) is 19.8 Å². The molecular formula is C62H60Cl4N4O2S2. The van der Waals surface area contributed by atoms with E-state index >= 15 is 0 Å². The molecule has 0 radical (unpaired) electrons. The summed E-state index contributed by atoms with van der Waals surface area (Å²) < 4.78 is 2.26. The Labute approximate surface area is 463 Å². The second-order valence-corrected chi connectivity index (χ2v) is 24.0. The molecule has 2 fully saturated rings. The first kappa shape index (κ1) is 53.5. The van der Waals surface area contributed by atoms with Crippen LogP contribution in [0.15, 0.2) is 171 Å². The molecule has 0 bridgehead atoms. The van der Waals surface area contributed by atoms with Crippen molar-refractivity contribution >= 4 is 101 Å². The van der Waals surface area contributed by atoms with Crippen LogP contribution in [-0.2, 0) is 9.59 Å². The summed E-state index contributed by atoms with van der Waals surface area (Å²) >= 11 is 28.9. The summed E-state index contributed by atoms with van der Waals surface area (Å²) in [6, 6.07) is 47.5. The molecule has 0 spiro atoms. The third-order valence-electron chi connectivity index (χ3n) is 15.0. The van der Waals surface area contributed by atoms with Gasteiger partial charge in [0.15, 0.2) is 0 Å². The van der Waals surface area contributed by atoms with E-state index < -0.39 is 10.8 Å². The SMILES string of the molecule is C=CC[C@@]1(C)C[C@H](c2cccc(Cl)c2)[C@@H](c2ccc(Cl)cc2)N([C@@H](CC)c2nc3ccccc3s2)C1=O.C=CC[C@@]1(C)C[C@H](c2cccc(Cl)c2)[C@@H](c2ccc(Cl)cc2)N([C@H](CC)c2nc3ccccc3s2)C1=O. The van der Waals surface area contributed by atoms with Gasteiger partial charge in [0.05, 0.1) is 55.4 Å². The molecule has 2 aliphatic rings. The van der Waals surface area contributed by atoms with Crippen LogP contribution >= 0.6 is 69.1 Å². The highest BCUT2D eigenvalue weighted by Gasteiger charge is 2.53. The lowest BCUT2D eigenvalue weighted by molar-refractivity contribution is -0.155. The number of amides is 2. The van der Waals surface area contributed by atoms with E-state index in [0.717, 1.165) is 65.5 Å². The van der Waals surface area contributed by atoms with Gasteiger partial charge in [-0.1, -0.05) is 159 Å². The van der Waals surface area contributed by atoms with Gasteiger partial charge in [-0.3, -0.25) is 9.59 Å². The number of allylic oxidation sites excluding steroid dienone is 2. The van der Waals surface area contributed by atoms with Crippen molar-refractivity contribution in [3.05, 3.63) is 223 Å². The number of fused-ring (bicyclic) bond motifs is 2. The van der Waals surface area contributed by atoms with Crippen molar-refractivity contribution in [2.45, 2.75) is 102 Å². The Morgan fingerprint density at radius 2 is 0.919 bits per heavy atom. The molecule has 2 aliphatic heterocycles. The molecule has 0 aliphatic carbocycles. The summed E-state index contributed by atoms with van der Waals surface area (Å²) in [6.07, 6.45) is 7.82. The summed E-state index contributed by atoms with van der Waals surface area (Å²) in [5.74, 6) is 0.338. The number of nitrogens with zero attached hydrogens (tertiary/aromatic N) is 4. The molecule has 4 heterocycles. The van der Waals surface area contributed by atoms with Gasteiger partial charge in [0.1, 0.15) is 10.0 Å². The molecule has 8 aromatic rings. The topological polar surface area (TPSA) is 66.4 Å². The number of likely N-dealkylation sites (tertiary alicyclic amines) is 2. The Balaban J connectivity index is 0.000000182. The Morgan fingerprint density at radius 1 is 0.541 bits per heavy atom. The molecule has 0 saturated carbocycles. The van der Waals surface area contributed by atoms with E-state index in [1.807, 2.05) is 133 Å². The first-order chi connectivity index (χ1) is 35.7. The van der Waals surface area contributed by atoms with Crippen molar-refractivity contribution < 1.29 is 9.59 Å². The maximum Gasteiger partial charge on any atom is 0.229 e. The second-order valence-electron chi connectivity index (χ2n) is 20.1. The van der Waals surface area contributed by atoms with E-state index in [4.69, 9.17) is 56.4 Å². The zero-order valence-electron chi connectivity index (χ0n) is 42.1. The highest BCUT2D eigenvalue weighted by Crippen LogP contribution is 2.56. The lowest BCUT2D eigenvalue weighted by Crippen LogP contribution is -2.52. The van der Waals surface area contributed by atoms with Crippen molar-refractivity contribution in [2.75, 3.05) is 0 Å². The van der Waals surface area contributed by atoms with Gasteiger partial charge in [0, 0.05) is 31.9 Å². The quantitative estimate of drug-likeness (QED) is 0.102. The van der Waals surface area contributed by atoms with E-state index in [2.05, 4.69) is 74.9 Å². The van der Waals surface area contributed by atoms with E-state index in [0.29, 0.717) is 45.8 Å². The van der Waals surface area contributed by atoms with Crippen molar-refractivity contribution in [3.63, 3.8) is 0 Å². The Hall–Kier alpha value is -5.32. The van der Waals surface area contributed by atoms with Crippen LogP contribution in [0.5, 0.6) is 0 Å². The third-order valence-corrected chi connectivity index (χ3v) is 18.3. The predicted molar refractivity (Wildman–Crippen MR) is 311 cm³/mol. The number of carbonyl (C=O) groups excluding carboxylic acids is 2. The lowest BCUT2D eigenvalue weighted by atomic mass is 9.67. The zero-order chi connectivity index (χ0) is 52.3. The standard InChI is InChI=1S/2C31H30Cl2N2OS/c2*1-4-17-31(3)19-24(21-9-8-10-23(33)18-21)28(20-13-15-22(32)16-14-20)35(30(31)36)26(5-2)29-34-25-11-6-7-12-27(25)37-29/h2*4,6-16,18,24,26,28H,1,5,17,19H2,2-3H3/t24-,26+,28-,31+;24-,26-,28-,31+/m11/s1. The minimum atomic E-state index is -0.595. The zero-order valence-corrected chi connectivity index (χ0v) is 46.7. The molecule has 8 atom stereocenters. The van der Waals surface area contributed by atoms with Crippen molar-refractivity contribution in [2.24, 2.45) is 10.8 Å². The van der Waals surface area contributed by atoms with E-state index in [9.17, 15) is 9.59 Å². The number of halogens is 4. The van der Waals surface area contributed by atoms with Gasteiger partial charge in [0.25, 0.3) is 0 Å². The largest absolute Gasteiger partial charge is 0.325 e. The van der Waals surface area contributed by atoms with Gasteiger partial charge in [-0.15, -0.1) is 35.8 Å². The molecule has 2 amide bonds. The van der Waals surface area contributed by atoms with Crippen LogP contribution in [0.2, 0.25) is 20.1 Å². The molecule has 74 heavy (non-hydrogen) atoms. The molecule has 0 unspecified atom stereocenters. The first-order valence-corrected chi connectivity index (χ1v) is 28.4. The first-order valence-electron chi connectivity index (χ1n) is 25.3. The second kappa shape index (κ2) is 22.9. The van der Waals surface area contributed by atoms with Crippen LogP contribution in [0, 0.1) is 10.8 Å². The van der Waals surface area contributed by atoms with Gasteiger partial charge in [-0.25, -0.2) is 9.97 Å². The normalized spacial score (nSPS) is 22.8. The van der Waals surface area contributed by atoms with Gasteiger partial charge >= 0.3 is 0 Å². The number of piperidine rings is 2. The molecule has 2 saturated heterocycles. The predicted octanol–water partition coefficient (Wildman–Crippen LogP) is 18.8. The van der Waals surface area contributed by atoms with Crippen LogP contribution in [0.1, 0.15) is 134 Å². The highest BCUT2D eigenvalue weighted by atomic mass is 35.5. The van der Waals surface area contributed by atoms with Crippen molar-refractivity contribution in [3.8, 4) is 0 Å². The Bertz CT molecular complexity index is 3020. The number of rotatable bonds is 14. The smallest absolute Gasteiger partial charge is 0.229 e. The molecule has 12 heteroatoms. The fraction of sp³-hybridized carbons (Fsp3) is 0.290. The number of para-hydroxylation sites is 2. The summed E-state index contributed by atoms with van der Waals surface area (Å²) in [5, 5.41) is 4.66. The minimum Gasteiger partial charge on any atom is -0.325 e. The summed E-state index contributed by atoms with van der Waals surface area (Å²) in [7, 11) is 0. The number of thiazole rings is 2.